The summed E-state index contributed by atoms with van der Waals surface area (Å²) in [5.74, 6) is -0.367. The molecule has 33 heavy (non-hydrogen) atoms. The van der Waals surface area contributed by atoms with Crippen LogP contribution in [0, 0.1) is 5.41 Å². The van der Waals surface area contributed by atoms with Crippen molar-refractivity contribution in [2.45, 2.75) is 18.7 Å². The van der Waals surface area contributed by atoms with Gasteiger partial charge in [-0.05, 0) is 38.1 Å². The first-order valence-electron chi connectivity index (χ1n) is 10.2. The van der Waals surface area contributed by atoms with Gasteiger partial charge in [-0.2, -0.15) is 4.31 Å². The maximum atomic E-state index is 13.5. The van der Waals surface area contributed by atoms with Crippen LogP contribution in [0.15, 0.2) is 41.6 Å². The van der Waals surface area contributed by atoms with Crippen LogP contribution in [0.3, 0.4) is 0 Å². The number of amides is 1. The van der Waals surface area contributed by atoms with Gasteiger partial charge in [0.25, 0.3) is 0 Å². The average Bonchev–Trinajstić information content (AvgIpc) is 2.96. The van der Waals surface area contributed by atoms with E-state index < -0.39 is 31.4 Å². The number of sulfonamides is 2. The molecule has 13 heteroatoms. The van der Waals surface area contributed by atoms with Crippen LogP contribution >= 0.6 is 0 Å². The Morgan fingerprint density at radius 1 is 1.06 bits per heavy atom. The number of anilines is 2. The van der Waals surface area contributed by atoms with Gasteiger partial charge in [0.15, 0.2) is 0 Å². The monoisotopic (exact) mass is 495 g/mol. The third-order valence-corrected chi connectivity index (χ3v) is 9.60. The van der Waals surface area contributed by atoms with Gasteiger partial charge in [-0.15, -0.1) is 0 Å². The Bertz CT molecular complexity index is 1270. The summed E-state index contributed by atoms with van der Waals surface area (Å²) in [6.45, 7) is 4.23. The molecule has 1 aromatic carbocycles. The first-order chi connectivity index (χ1) is 15.5. The fourth-order valence-corrected chi connectivity index (χ4v) is 7.67. The van der Waals surface area contributed by atoms with Crippen LogP contribution in [0.5, 0.6) is 5.75 Å². The Hall–Kier alpha value is -2.77. The predicted octanol–water partition coefficient (Wildman–Crippen LogP) is 0.699. The zero-order valence-corrected chi connectivity index (χ0v) is 20.1. The van der Waals surface area contributed by atoms with Gasteiger partial charge in [0.05, 0.1) is 24.0 Å². The number of carbonyl (C=O) groups excluding carboxylic acids is 1. The van der Waals surface area contributed by atoms with Crippen molar-refractivity contribution in [2.75, 3.05) is 48.2 Å². The minimum atomic E-state index is -4.04. The Morgan fingerprint density at radius 3 is 2.24 bits per heavy atom. The molecule has 3 heterocycles. The number of rotatable bonds is 5. The van der Waals surface area contributed by atoms with Crippen molar-refractivity contribution in [1.29, 1.82) is 0 Å². The van der Waals surface area contributed by atoms with Gasteiger partial charge in [0, 0.05) is 38.6 Å². The molecule has 11 nitrogen and oxygen atoms in total. The maximum Gasteiger partial charge on any atom is 0.247 e. The number of ether oxygens (including phenoxy) is 1. The second-order valence-electron chi connectivity index (χ2n) is 8.48. The third-order valence-electron chi connectivity index (χ3n) is 5.66. The average molecular weight is 496 g/mol. The standard InChI is InChI=1S/C20H25N5O6S2/c1-20(2)14-32(27,28)25(18(20)26)15-5-6-16(31-3)17(13-15)33(29,30)24-11-9-23(10-12-24)19-21-7-4-8-22-19/h4-8,13H,9-12,14H2,1-3H3. The number of benzene rings is 1. The zero-order chi connectivity index (χ0) is 24.0. The number of piperazine rings is 1. The summed E-state index contributed by atoms with van der Waals surface area (Å²) in [5, 5.41) is 0. The van der Waals surface area contributed by atoms with Gasteiger partial charge in [0.2, 0.25) is 31.9 Å². The van der Waals surface area contributed by atoms with Crippen LogP contribution in [-0.2, 0) is 24.8 Å². The van der Waals surface area contributed by atoms with Crippen LogP contribution in [0.4, 0.5) is 11.6 Å². The molecular formula is C20H25N5O6S2. The highest BCUT2D eigenvalue weighted by molar-refractivity contribution is 7.94. The second-order valence-corrected chi connectivity index (χ2v) is 12.2. The SMILES string of the molecule is COc1ccc(N2C(=O)C(C)(C)CS2(=O)=O)cc1S(=O)(=O)N1CCN(c2ncccn2)CC1. The van der Waals surface area contributed by atoms with Gasteiger partial charge in [-0.1, -0.05) is 0 Å². The van der Waals surface area contributed by atoms with Crippen molar-refractivity contribution in [2.24, 2.45) is 5.41 Å². The highest BCUT2D eigenvalue weighted by Gasteiger charge is 2.50. The first-order valence-corrected chi connectivity index (χ1v) is 13.3. The summed E-state index contributed by atoms with van der Waals surface area (Å²) >= 11 is 0. The quantitative estimate of drug-likeness (QED) is 0.588. The fourth-order valence-electron chi connectivity index (χ4n) is 3.98. The van der Waals surface area contributed by atoms with Gasteiger partial charge in [-0.3, -0.25) is 4.79 Å². The number of hydrogen-bond acceptors (Lipinski definition) is 9. The minimum Gasteiger partial charge on any atom is -0.495 e. The highest BCUT2D eigenvalue weighted by Crippen LogP contribution is 2.39. The van der Waals surface area contributed by atoms with E-state index in [0.717, 1.165) is 0 Å². The summed E-state index contributed by atoms with van der Waals surface area (Å²) in [6, 6.07) is 5.64. The molecular weight excluding hydrogens is 470 g/mol. The number of hydrogen-bond donors (Lipinski definition) is 0. The van der Waals surface area contributed by atoms with Crippen LogP contribution < -0.4 is 13.9 Å². The second kappa shape index (κ2) is 8.22. The largest absolute Gasteiger partial charge is 0.495 e. The van der Waals surface area contributed by atoms with Crippen molar-refractivity contribution in [1.82, 2.24) is 14.3 Å². The number of aromatic nitrogens is 2. The molecule has 0 atom stereocenters. The van der Waals surface area contributed by atoms with E-state index in [2.05, 4.69) is 9.97 Å². The van der Waals surface area contributed by atoms with E-state index in [4.69, 9.17) is 4.74 Å². The number of carbonyl (C=O) groups is 1. The molecule has 0 saturated carbocycles. The van der Waals surface area contributed by atoms with E-state index >= 15 is 0 Å². The molecule has 1 aromatic heterocycles. The van der Waals surface area contributed by atoms with E-state index in [-0.39, 0.29) is 35.2 Å². The normalized spacial score (nSPS) is 20.8. The van der Waals surface area contributed by atoms with E-state index in [9.17, 15) is 21.6 Å². The van der Waals surface area contributed by atoms with Crippen LogP contribution in [-0.4, -0.2) is 76.1 Å². The van der Waals surface area contributed by atoms with Crippen molar-refractivity contribution in [3.05, 3.63) is 36.7 Å². The molecule has 178 valence electrons. The fraction of sp³-hybridized carbons (Fsp3) is 0.450. The Labute approximate surface area is 193 Å². The lowest BCUT2D eigenvalue weighted by Crippen LogP contribution is -2.49. The number of nitrogens with zero attached hydrogens (tertiary/aromatic N) is 5. The zero-order valence-electron chi connectivity index (χ0n) is 18.5. The summed E-state index contributed by atoms with van der Waals surface area (Å²) in [7, 11) is -6.63. The Kier molecular flexibility index (Phi) is 5.83. The van der Waals surface area contributed by atoms with E-state index in [1.807, 2.05) is 4.90 Å². The van der Waals surface area contributed by atoms with Gasteiger partial charge >= 0.3 is 0 Å². The van der Waals surface area contributed by atoms with E-state index in [1.165, 1.54) is 29.6 Å². The number of methoxy groups -OCH3 is 1. The van der Waals surface area contributed by atoms with Crippen LogP contribution in [0.1, 0.15) is 13.8 Å². The van der Waals surface area contributed by atoms with Gasteiger partial charge in [0.1, 0.15) is 10.6 Å². The van der Waals surface area contributed by atoms with Gasteiger partial charge in [-0.25, -0.2) is 31.1 Å². The van der Waals surface area contributed by atoms with E-state index in [1.54, 1.807) is 32.3 Å². The predicted molar refractivity (Wildman–Crippen MR) is 121 cm³/mol. The van der Waals surface area contributed by atoms with Crippen molar-refractivity contribution < 1.29 is 26.4 Å². The molecule has 0 spiro atoms. The van der Waals surface area contributed by atoms with Crippen molar-refractivity contribution in [3.8, 4) is 5.75 Å². The first kappa shape index (κ1) is 23.4. The lowest BCUT2D eigenvalue weighted by Gasteiger charge is -2.34. The summed E-state index contributed by atoms with van der Waals surface area (Å²) < 4.78 is 59.6. The minimum absolute atomic E-state index is 0.0266. The molecule has 1 amide bonds. The molecule has 2 fully saturated rings. The van der Waals surface area contributed by atoms with Crippen molar-refractivity contribution >= 4 is 37.6 Å². The lowest BCUT2D eigenvalue weighted by molar-refractivity contribution is -0.123. The lowest BCUT2D eigenvalue weighted by atomic mass is 9.95. The Morgan fingerprint density at radius 2 is 1.70 bits per heavy atom. The molecule has 0 radical (unpaired) electrons. The molecule has 2 saturated heterocycles. The van der Waals surface area contributed by atoms with Crippen LogP contribution in [0.25, 0.3) is 0 Å². The third kappa shape index (κ3) is 4.15. The summed E-state index contributed by atoms with van der Waals surface area (Å²) in [6.07, 6.45) is 3.24. The molecule has 2 aliphatic heterocycles. The Balaban J connectivity index is 1.65. The molecule has 4 rings (SSSR count). The maximum absolute atomic E-state index is 13.5. The summed E-state index contributed by atoms with van der Waals surface area (Å²) in [4.78, 5) is 22.9. The van der Waals surface area contributed by atoms with Crippen LogP contribution in [0.2, 0.25) is 0 Å². The molecule has 0 aliphatic carbocycles. The molecule has 0 unspecified atom stereocenters. The molecule has 0 N–H and O–H groups in total. The topological polar surface area (TPSA) is 130 Å². The van der Waals surface area contributed by atoms with E-state index in [0.29, 0.717) is 23.3 Å². The smallest absolute Gasteiger partial charge is 0.247 e. The summed E-state index contributed by atoms with van der Waals surface area (Å²) in [5.41, 5.74) is -1.13. The molecule has 0 bridgehead atoms. The molecule has 2 aromatic rings. The molecule has 2 aliphatic rings. The highest BCUT2D eigenvalue weighted by atomic mass is 32.2. The van der Waals surface area contributed by atoms with Gasteiger partial charge < -0.3 is 9.64 Å². The van der Waals surface area contributed by atoms with Crippen molar-refractivity contribution in [3.63, 3.8) is 0 Å².